The van der Waals surface area contributed by atoms with Crippen LogP contribution in [0.2, 0.25) is 0 Å². The highest BCUT2D eigenvalue weighted by atomic mass is 32.3. The third-order valence-corrected chi connectivity index (χ3v) is 6.01. The van der Waals surface area contributed by atoms with Crippen LogP contribution in [0.1, 0.15) is 12.8 Å². The van der Waals surface area contributed by atoms with E-state index < -0.39 is 34.5 Å². The van der Waals surface area contributed by atoms with Crippen molar-refractivity contribution in [2.75, 3.05) is 21.7 Å². The first-order valence-corrected chi connectivity index (χ1v) is 9.76. The molecule has 0 bridgehead atoms. The molecule has 152 valence electrons. The van der Waals surface area contributed by atoms with Gasteiger partial charge in [-0.15, -0.1) is 0 Å². The fourth-order valence-electron chi connectivity index (χ4n) is 2.98. The summed E-state index contributed by atoms with van der Waals surface area (Å²) in [5.41, 5.74) is -0.450. The predicted octanol–water partition coefficient (Wildman–Crippen LogP) is 4.69. The Morgan fingerprint density at radius 3 is 2.46 bits per heavy atom. The molecule has 1 aliphatic heterocycles. The molecule has 2 aromatic rings. The summed E-state index contributed by atoms with van der Waals surface area (Å²) in [5, 5.41) is 10.8. The SMILES string of the molecule is O=C(O)NCCCCN1c2cccc(F)c2N(c2ccc(F)cc2F)S1(O)O. The lowest BCUT2D eigenvalue weighted by Crippen LogP contribution is -2.32. The molecule has 11 heteroatoms. The van der Waals surface area contributed by atoms with Crippen molar-refractivity contribution < 1.29 is 32.2 Å². The van der Waals surface area contributed by atoms with Crippen LogP contribution < -0.4 is 13.9 Å². The molecular formula is C17H18F3N3O4S. The lowest BCUT2D eigenvalue weighted by atomic mass is 10.2. The van der Waals surface area contributed by atoms with Crippen LogP contribution in [0, 0.1) is 17.5 Å². The highest BCUT2D eigenvalue weighted by Crippen LogP contribution is 2.65. The van der Waals surface area contributed by atoms with E-state index in [4.69, 9.17) is 5.11 Å². The average Bonchev–Trinajstić information content (AvgIpc) is 2.83. The van der Waals surface area contributed by atoms with E-state index in [0.29, 0.717) is 18.9 Å². The largest absolute Gasteiger partial charge is 0.465 e. The number of benzene rings is 2. The number of para-hydroxylation sites is 1. The highest BCUT2D eigenvalue weighted by molar-refractivity contribution is 8.27. The van der Waals surface area contributed by atoms with Gasteiger partial charge in [0.2, 0.25) is 0 Å². The molecule has 2 aromatic carbocycles. The van der Waals surface area contributed by atoms with Crippen LogP contribution >= 0.6 is 11.0 Å². The fraction of sp³-hybridized carbons (Fsp3) is 0.235. The second kappa shape index (κ2) is 7.78. The van der Waals surface area contributed by atoms with Gasteiger partial charge in [0.15, 0.2) is 11.6 Å². The van der Waals surface area contributed by atoms with Crippen molar-refractivity contribution in [2.24, 2.45) is 0 Å². The molecule has 0 spiro atoms. The maximum Gasteiger partial charge on any atom is 0.404 e. The minimum absolute atomic E-state index is 0.0550. The monoisotopic (exact) mass is 417 g/mol. The molecule has 0 unspecified atom stereocenters. The Labute approximate surface area is 160 Å². The number of hydrogen-bond donors (Lipinski definition) is 4. The van der Waals surface area contributed by atoms with Gasteiger partial charge >= 0.3 is 6.09 Å². The molecular weight excluding hydrogens is 399 g/mol. The van der Waals surface area contributed by atoms with Gasteiger partial charge in [-0.1, -0.05) is 6.07 Å². The van der Waals surface area contributed by atoms with Gasteiger partial charge in [0.05, 0.1) is 5.69 Å². The van der Waals surface area contributed by atoms with Crippen LogP contribution in [-0.2, 0) is 0 Å². The number of carboxylic acid groups (broad SMARTS) is 1. The van der Waals surface area contributed by atoms with Gasteiger partial charge in [-0.2, -0.15) is 0 Å². The minimum Gasteiger partial charge on any atom is -0.465 e. The predicted molar refractivity (Wildman–Crippen MR) is 100 cm³/mol. The van der Waals surface area contributed by atoms with Crippen LogP contribution in [0.25, 0.3) is 0 Å². The van der Waals surface area contributed by atoms with E-state index in [1.165, 1.54) is 12.1 Å². The van der Waals surface area contributed by atoms with Crippen molar-refractivity contribution in [3.05, 3.63) is 53.8 Å². The molecule has 1 heterocycles. The third-order valence-electron chi connectivity index (χ3n) is 4.17. The topological polar surface area (TPSA) is 96.3 Å². The minimum atomic E-state index is -3.87. The normalized spacial score (nSPS) is 16.0. The zero-order valence-corrected chi connectivity index (χ0v) is 15.3. The molecule has 0 aromatic heterocycles. The van der Waals surface area contributed by atoms with E-state index in [2.05, 4.69) is 5.32 Å². The first-order valence-electron chi connectivity index (χ1n) is 8.30. The van der Waals surface area contributed by atoms with Crippen molar-refractivity contribution in [1.29, 1.82) is 0 Å². The number of unbranched alkanes of at least 4 members (excludes halogenated alkanes) is 1. The van der Waals surface area contributed by atoms with Crippen LogP contribution in [0.4, 0.5) is 35.0 Å². The number of amides is 1. The maximum atomic E-state index is 14.5. The van der Waals surface area contributed by atoms with Crippen LogP contribution in [0.3, 0.4) is 0 Å². The second-order valence-corrected chi connectivity index (χ2v) is 7.81. The quantitative estimate of drug-likeness (QED) is 0.509. The van der Waals surface area contributed by atoms with Crippen molar-refractivity contribution in [3.63, 3.8) is 0 Å². The first kappa shape index (κ1) is 20.1. The van der Waals surface area contributed by atoms with E-state index in [1.807, 2.05) is 0 Å². The Morgan fingerprint density at radius 2 is 1.79 bits per heavy atom. The van der Waals surface area contributed by atoms with Gasteiger partial charge in [0, 0.05) is 19.2 Å². The molecule has 0 aliphatic carbocycles. The summed E-state index contributed by atoms with van der Waals surface area (Å²) < 4.78 is 65.6. The van der Waals surface area contributed by atoms with E-state index in [1.54, 1.807) is 0 Å². The summed E-state index contributed by atoms with van der Waals surface area (Å²) in [6, 6.07) is 6.47. The number of nitrogens with one attached hydrogen (secondary N) is 1. The molecule has 1 aliphatic rings. The second-order valence-electron chi connectivity index (χ2n) is 6.03. The summed E-state index contributed by atoms with van der Waals surface area (Å²) in [5.74, 6) is -2.72. The summed E-state index contributed by atoms with van der Waals surface area (Å²) in [7, 11) is -3.87. The lowest BCUT2D eigenvalue weighted by Gasteiger charge is -2.43. The fourth-order valence-corrected chi connectivity index (χ4v) is 4.80. The number of fused-ring (bicyclic) bond motifs is 1. The lowest BCUT2D eigenvalue weighted by molar-refractivity contribution is 0.194. The molecule has 0 atom stereocenters. The van der Waals surface area contributed by atoms with Gasteiger partial charge in [-0.05, 0) is 48.1 Å². The van der Waals surface area contributed by atoms with E-state index in [9.17, 15) is 27.1 Å². The molecule has 0 saturated carbocycles. The molecule has 4 N–H and O–H groups in total. The van der Waals surface area contributed by atoms with Crippen molar-refractivity contribution >= 4 is 34.1 Å². The Morgan fingerprint density at radius 1 is 1.04 bits per heavy atom. The molecule has 7 nitrogen and oxygen atoms in total. The Kier molecular flexibility index (Phi) is 5.59. The van der Waals surface area contributed by atoms with Gasteiger partial charge in [0.25, 0.3) is 0 Å². The molecule has 3 rings (SSSR count). The van der Waals surface area contributed by atoms with Crippen molar-refractivity contribution in [2.45, 2.75) is 12.8 Å². The van der Waals surface area contributed by atoms with Gasteiger partial charge in [0.1, 0.15) is 17.2 Å². The Balaban J connectivity index is 1.93. The number of halogens is 3. The first-order chi connectivity index (χ1) is 13.2. The van der Waals surface area contributed by atoms with Gasteiger partial charge in [-0.3, -0.25) is 13.4 Å². The van der Waals surface area contributed by atoms with Crippen LogP contribution in [0.5, 0.6) is 0 Å². The third kappa shape index (κ3) is 3.68. The molecule has 0 saturated heterocycles. The number of rotatable bonds is 6. The van der Waals surface area contributed by atoms with Crippen molar-refractivity contribution in [1.82, 2.24) is 5.32 Å². The summed E-state index contributed by atoms with van der Waals surface area (Å²) in [6.07, 6.45) is -0.421. The Bertz CT molecular complexity index is 900. The molecule has 0 radical (unpaired) electrons. The summed E-state index contributed by atoms with van der Waals surface area (Å²) >= 11 is 0. The van der Waals surface area contributed by atoms with Gasteiger partial charge in [-0.25, -0.2) is 22.3 Å². The van der Waals surface area contributed by atoms with Crippen LogP contribution in [0.15, 0.2) is 36.4 Å². The number of anilines is 3. The van der Waals surface area contributed by atoms with Crippen molar-refractivity contribution in [3.8, 4) is 0 Å². The smallest absolute Gasteiger partial charge is 0.404 e. The summed E-state index contributed by atoms with van der Waals surface area (Å²) in [4.78, 5) is 10.5. The average molecular weight is 417 g/mol. The van der Waals surface area contributed by atoms with E-state index in [0.717, 1.165) is 26.8 Å². The van der Waals surface area contributed by atoms with Crippen LogP contribution in [-0.4, -0.2) is 33.4 Å². The van der Waals surface area contributed by atoms with E-state index in [-0.39, 0.29) is 30.2 Å². The summed E-state index contributed by atoms with van der Waals surface area (Å²) in [6.45, 7) is 0.216. The standard InChI is InChI=1S/C17H18F3N3O4S/c18-11-6-7-14(13(20)10-11)23-16-12(19)4-3-5-15(16)22(28(23,26)27)9-2-1-8-21-17(24)25/h3-7,10,21,26-27H,1-2,8-9H2,(H,24,25). The maximum absolute atomic E-state index is 14.5. The molecule has 1 amide bonds. The number of hydrogen-bond acceptors (Lipinski definition) is 5. The zero-order valence-electron chi connectivity index (χ0n) is 14.5. The zero-order chi connectivity index (χ0) is 20.5. The van der Waals surface area contributed by atoms with E-state index >= 15 is 0 Å². The highest BCUT2D eigenvalue weighted by Gasteiger charge is 2.44. The van der Waals surface area contributed by atoms with Gasteiger partial charge < -0.3 is 10.4 Å². The number of nitrogens with zero attached hydrogens (tertiary/aromatic N) is 2. The Hall–Kier alpha value is -2.63. The molecule has 28 heavy (non-hydrogen) atoms. The molecule has 0 fully saturated rings. The number of carbonyl (C=O) groups is 1.